The summed E-state index contributed by atoms with van der Waals surface area (Å²) in [6.45, 7) is 6.44. The molecule has 0 bridgehead atoms. The molecule has 0 aromatic heterocycles. The maximum atomic E-state index is 10.8. The monoisotopic (exact) mass is 367 g/mol. The van der Waals surface area contributed by atoms with Crippen molar-refractivity contribution in [1.82, 2.24) is 5.43 Å². The molecule has 0 aliphatic carbocycles. The fourth-order valence-corrected chi connectivity index (χ4v) is 1.52. The Bertz CT molecular complexity index is 286. The number of nitrogens with two attached hydrogens (primary N) is 2. The normalized spacial score (nSPS) is 11.0. The fourth-order valence-electron chi connectivity index (χ4n) is 1.52. The molecule has 1 amide bonds. The Morgan fingerprint density at radius 3 is 1.24 bits per heavy atom. The summed E-state index contributed by atoms with van der Waals surface area (Å²) in [5.74, 6) is 4.69. The molecular weight excluding hydrogens is 334 g/mol. The number of amides is 1. The van der Waals surface area contributed by atoms with Crippen LogP contribution in [0.5, 0.6) is 0 Å². The van der Waals surface area contributed by atoms with Gasteiger partial charge in [-0.3, -0.25) is 10.2 Å². The second kappa shape index (κ2) is 21.2. The van der Waals surface area contributed by atoms with Gasteiger partial charge in [0.25, 0.3) is 0 Å². The van der Waals surface area contributed by atoms with Crippen molar-refractivity contribution in [2.75, 3.05) is 85.8 Å². The number of rotatable bonds is 20. The minimum absolute atomic E-state index is 0.243. The highest BCUT2D eigenvalue weighted by Gasteiger charge is 1.97. The highest BCUT2D eigenvalue weighted by Crippen LogP contribution is 1.86. The Kier molecular flexibility index (Phi) is 20.5. The smallest absolute Gasteiger partial charge is 0.236 e. The first-order valence-electron chi connectivity index (χ1n) is 8.47. The van der Waals surface area contributed by atoms with Gasteiger partial charge in [0.05, 0.1) is 85.7 Å². The number of carbonyl (C=O) groups excluding carboxylic acids is 1. The summed E-state index contributed by atoms with van der Waals surface area (Å²) < 4.78 is 31.7. The number of hydrazine groups is 1. The molecule has 25 heavy (non-hydrogen) atoms. The maximum Gasteiger partial charge on any atom is 0.236 e. The predicted octanol–water partition coefficient (Wildman–Crippen LogP) is -1.58. The first-order chi connectivity index (χ1) is 12.3. The molecule has 0 atom stereocenters. The van der Waals surface area contributed by atoms with Gasteiger partial charge in [0.1, 0.15) is 0 Å². The van der Waals surface area contributed by atoms with Gasteiger partial charge in [0.15, 0.2) is 0 Å². The Hall–Kier alpha value is -0.850. The van der Waals surface area contributed by atoms with Crippen LogP contribution in [-0.2, 0) is 33.2 Å². The van der Waals surface area contributed by atoms with Gasteiger partial charge in [0, 0.05) is 6.54 Å². The molecule has 0 aliphatic heterocycles. The summed E-state index contributed by atoms with van der Waals surface area (Å²) >= 11 is 0. The molecule has 10 heteroatoms. The molecule has 0 aromatic rings. The van der Waals surface area contributed by atoms with Gasteiger partial charge in [0.2, 0.25) is 5.91 Å². The van der Waals surface area contributed by atoms with Crippen LogP contribution < -0.4 is 17.0 Å². The molecule has 0 aromatic carbocycles. The van der Waals surface area contributed by atoms with Gasteiger partial charge in [-0.2, -0.15) is 0 Å². The zero-order valence-electron chi connectivity index (χ0n) is 14.9. The lowest BCUT2D eigenvalue weighted by molar-refractivity contribution is -0.122. The molecule has 10 nitrogen and oxygen atoms in total. The second-order valence-corrected chi connectivity index (χ2v) is 4.78. The van der Waals surface area contributed by atoms with E-state index >= 15 is 0 Å². The number of hydrogen-bond acceptors (Lipinski definition) is 9. The van der Waals surface area contributed by atoms with Crippen LogP contribution in [0, 0.1) is 0 Å². The van der Waals surface area contributed by atoms with Crippen molar-refractivity contribution in [1.29, 1.82) is 0 Å². The lowest BCUT2D eigenvalue weighted by Gasteiger charge is -2.08. The molecular formula is C15H33N3O7. The predicted molar refractivity (Wildman–Crippen MR) is 90.9 cm³/mol. The number of ether oxygens (including phenoxy) is 6. The number of hydrogen-bond donors (Lipinski definition) is 3. The number of carbonyl (C=O) groups is 1. The quantitative estimate of drug-likeness (QED) is 0.101. The van der Waals surface area contributed by atoms with Gasteiger partial charge in [-0.1, -0.05) is 0 Å². The highest BCUT2D eigenvalue weighted by molar-refractivity contribution is 5.75. The van der Waals surface area contributed by atoms with E-state index in [0.717, 1.165) is 0 Å². The van der Waals surface area contributed by atoms with Gasteiger partial charge in [-0.25, -0.2) is 5.84 Å². The third kappa shape index (κ3) is 21.1. The summed E-state index contributed by atoms with van der Waals surface area (Å²) in [7, 11) is 0. The molecule has 0 heterocycles. The Balaban J connectivity index is 2.99. The fraction of sp³-hybridized carbons (Fsp3) is 0.933. The third-order valence-corrected chi connectivity index (χ3v) is 2.76. The van der Waals surface area contributed by atoms with Crippen molar-refractivity contribution < 1.29 is 33.2 Å². The minimum atomic E-state index is -0.250. The Morgan fingerprint density at radius 1 is 0.600 bits per heavy atom. The Morgan fingerprint density at radius 2 is 0.920 bits per heavy atom. The zero-order valence-corrected chi connectivity index (χ0v) is 14.9. The molecule has 0 saturated heterocycles. The van der Waals surface area contributed by atoms with Crippen LogP contribution in [-0.4, -0.2) is 91.7 Å². The lowest BCUT2D eigenvalue weighted by atomic mass is 10.4. The maximum absolute atomic E-state index is 10.8. The van der Waals surface area contributed by atoms with E-state index in [4.69, 9.17) is 40.0 Å². The molecule has 0 spiro atoms. The second-order valence-electron chi connectivity index (χ2n) is 4.78. The van der Waals surface area contributed by atoms with E-state index in [0.29, 0.717) is 85.8 Å². The van der Waals surface area contributed by atoms with Crippen molar-refractivity contribution in [3.05, 3.63) is 0 Å². The molecule has 5 N–H and O–H groups in total. The topological polar surface area (TPSA) is 137 Å². The van der Waals surface area contributed by atoms with Gasteiger partial charge < -0.3 is 34.2 Å². The summed E-state index contributed by atoms with van der Waals surface area (Å²) in [6, 6.07) is 0. The van der Waals surface area contributed by atoms with E-state index in [1.165, 1.54) is 0 Å². The standard InChI is InChI=1S/C15H33N3O7/c16-2-4-21-6-8-23-10-12-25-14-13-24-11-9-22-7-5-20-3-1-15(19)18-17/h1-14,16-17H2,(H,18,19). The molecule has 0 saturated carbocycles. The van der Waals surface area contributed by atoms with Crippen molar-refractivity contribution in [3.8, 4) is 0 Å². The largest absolute Gasteiger partial charge is 0.379 e. The first-order valence-corrected chi connectivity index (χ1v) is 8.47. The highest BCUT2D eigenvalue weighted by atomic mass is 16.6. The summed E-state index contributed by atoms with van der Waals surface area (Å²) in [6.07, 6.45) is 0.243. The van der Waals surface area contributed by atoms with Crippen molar-refractivity contribution in [2.24, 2.45) is 11.6 Å². The van der Waals surface area contributed by atoms with Crippen LogP contribution in [0.15, 0.2) is 0 Å². The molecule has 0 aliphatic rings. The summed E-state index contributed by atoms with van der Waals surface area (Å²) in [5, 5.41) is 0. The van der Waals surface area contributed by atoms with Crippen molar-refractivity contribution in [2.45, 2.75) is 6.42 Å². The van der Waals surface area contributed by atoms with E-state index in [9.17, 15) is 4.79 Å². The minimum Gasteiger partial charge on any atom is -0.379 e. The molecule has 0 radical (unpaired) electrons. The van der Waals surface area contributed by atoms with Gasteiger partial charge in [-0.05, 0) is 0 Å². The molecule has 0 fully saturated rings. The summed E-state index contributed by atoms with van der Waals surface area (Å²) in [5.41, 5.74) is 7.32. The van der Waals surface area contributed by atoms with Crippen LogP contribution in [0.3, 0.4) is 0 Å². The number of nitrogens with one attached hydrogen (secondary N) is 1. The van der Waals surface area contributed by atoms with E-state index in [-0.39, 0.29) is 12.3 Å². The van der Waals surface area contributed by atoms with Crippen LogP contribution in [0.1, 0.15) is 6.42 Å². The third-order valence-electron chi connectivity index (χ3n) is 2.76. The van der Waals surface area contributed by atoms with Gasteiger partial charge >= 0.3 is 0 Å². The average Bonchev–Trinajstić information content (AvgIpc) is 2.63. The van der Waals surface area contributed by atoms with Crippen molar-refractivity contribution >= 4 is 5.91 Å². The van der Waals surface area contributed by atoms with E-state index in [1.807, 2.05) is 5.43 Å². The van der Waals surface area contributed by atoms with E-state index in [2.05, 4.69) is 0 Å². The van der Waals surface area contributed by atoms with E-state index < -0.39 is 0 Å². The van der Waals surface area contributed by atoms with E-state index in [1.54, 1.807) is 0 Å². The lowest BCUT2D eigenvalue weighted by Crippen LogP contribution is -2.30. The molecule has 0 rings (SSSR count). The molecule has 0 unspecified atom stereocenters. The average molecular weight is 367 g/mol. The van der Waals surface area contributed by atoms with Crippen molar-refractivity contribution in [3.63, 3.8) is 0 Å². The SMILES string of the molecule is NCCOCCOCCOCCOCCOCCOCCC(=O)NN. The van der Waals surface area contributed by atoms with Crippen LogP contribution >= 0.6 is 0 Å². The molecule has 150 valence electrons. The van der Waals surface area contributed by atoms with Crippen LogP contribution in [0.4, 0.5) is 0 Å². The van der Waals surface area contributed by atoms with Crippen LogP contribution in [0.25, 0.3) is 0 Å². The Labute approximate surface area is 149 Å². The summed E-state index contributed by atoms with van der Waals surface area (Å²) in [4.78, 5) is 10.8. The zero-order chi connectivity index (χ0) is 18.4. The van der Waals surface area contributed by atoms with Crippen LogP contribution in [0.2, 0.25) is 0 Å². The van der Waals surface area contributed by atoms with Gasteiger partial charge in [-0.15, -0.1) is 0 Å². The first kappa shape index (κ1) is 24.1.